The number of carbonyl (C=O) groups excluding carboxylic acids is 1. The van der Waals surface area contributed by atoms with Crippen LogP contribution in [0.4, 0.5) is 5.69 Å². The quantitative estimate of drug-likeness (QED) is 0.523. The highest BCUT2D eigenvalue weighted by molar-refractivity contribution is 7.92. The smallest absolute Gasteiger partial charge is 0.261 e. The number of anilines is 1. The molecule has 154 valence electrons. The van der Waals surface area contributed by atoms with E-state index in [1.54, 1.807) is 47.4 Å². The van der Waals surface area contributed by atoms with E-state index in [2.05, 4.69) is 11.3 Å². The Balaban J connectivity index is 1.71. The fourth-order valence-corrected chi connectivity index (χ4v) is 4.08. The van der Waals surface area contributed by atoms with Crippen molar-refractivity contribution in [2.24, 2.45) is 0 Å². The average molecular weight is 421 g/mol. The molecule has 0 unspecified atom stereocenters. The number of amides is 1. The predicted molar refractivity (Wildman–Crippen MR) is 120 cm³/mol. The molecule has 0 aliphatic carbocycles. The van der Waals surface area contributed by atoms with Crippen molar-refractivity contribution in [3.05, 3.63) is 109 Å². The molecule has 0 aromatic heterocycles. The summed E-state index contributed by atoms with van der Waals surface area (Å²) in [5.74, 6) is -0.161. The summed E-state index contributed by atoms with van der Waals surface area (Å²) in [5, 5.41) is 0. The topological polar surface area (TPSA) is 66.5 Å². The first-order chi connectivity index (χ1) is 14.5. The summed E-state index contributed by atoms with van der Waals surface area (Å²) in [5.41, 5.74) is 2.06. The van der Waals surface area contributed by atoms with Gasteiger partial charge in [-0.05, 0) is 48.4 Å². The van der Waals surface area contributed by atoms with Crippen molar-refractivity contribution >= 4 is 21.6 Å². The molecular formula is C24H24N2O3S. The number of sulfonamides is 1. The molecule has 0 spiro atoms. The number of benzene rings is 3. The minimum absolute atomic E-state index is 0.0995. The van der Waals surface area contributed by atoms with Crippen LogP contribution in [-0.2, 0) is 16.4 Å². The van der Waals surface area contributed by atoms with Gasteiger partial charge in [0.25, 0.3) is 15.9 Å². The van der Waals surface area contributed by atoms with Crippen LogP contribution in [-0.4, -0.2) is 32.3 Å². The van der Waals surface area contributed by atoms with Gasteiger partial charge in [-0.25, -0.2) is 8.42 Å². The van der Waals surface area contributed by atoms with Crippen LogP contribution in [0.15, 0.2) is 102 Å². The van der Waals surface area contributed by atoms with Gasteiger partial charge in [-0.15, -0.1) is 6.58 Å². The molecule has 0 bridgehead atoms. The lowest BCUT2D eigenvalue weighted by Crippen LogP contribution is -2.33. The van der Waals surface area contributed by atoms with Crippen molar-refractivity contribution in [1.82, 2.24) is 4.90 Å². The van der Waals surface area contributed by atoms with E-state index < -0.39 is 10.0 Å². The highest BCUT2D eigenvalue weighted by Gasteiger charge is 2.18. The maximum absolute atomic E-state index is 12.9. The van der Waals surface area contributed by atoms with Crippen molar-refractivity contribution in [2.45, 2.75) is 11.3 Å². The van der Waals surface area contributed by atoms with Gasteiger partial charge in [-0.3, -0.25) is 9.52 Å². The first-order valence-electron chi connectivity index (χ1n) is 9.61. The van der Waals surface area contributed by atoms with Crippen LogP contribution >= 0.6 is 0 Å². The molecule has 6 heteroatoms. The molecule has 1 amide bonds. The molecule has 0 aliphatic rings. The lowest BCUT2D eigenvalue weighted by Gasteiger charge is -2.21. The molecule has 0 saturated heterocycles. The number of hydrogen-bond acceptors (Lipinski definition) is 3. The minimum atomic E-state index is -3.72. The molecule has 0 heterocycles. The molecule has 0 atom stereocenters. The Morgan fingerprint density at radius 2 is 1.50 bits per heavy atom. The fraction of sp³-hybridized carbons (Fsp3) is 0.125. The van der Waals surface area contributed by atoms with Crippen molar-refractivity contribution < 1.29 is 13.2 Å². The molecular weight excluding hydrogens is 396 g/mol. The average Bonchev–Trinajstić information content (AvgIpc) is 2.77. The maximum Gasteiger partial charge on any atom is 0.261 e. The second kappa shape index (κ2) is 9.89. The van der Waals surface area contributed by atoms with E-state index in [4.69, 9.17) is 0 Å². The Hall–Kier alpha value is -3.38. The molecule has 1 N–H and O–H groups in total. The molecule has 5 nitrogen and oxygen atoms in total. The number of rotatable bonds is 9. The molecule has 0 fully saturated rings. The van der Waals surface area contributed by atoms with Gasteiger partial charge in [0, 0.05) is 24.3 Å². The normalized spacial score (nSPS) is 10.9. The standard InChI is InChI=1S/C24H24N2O3S/c1-2-18-26(19-17-20-9-5-3-6-10-20)24(27)21-13-15-23(16-14-21)30(28,29)25-22-11-7-4-8-12-22/h2-16,25H,1,17-19H2. The van der Waals surface area contributed by atoms with E-state index in [0.29, 0.717) is 24.3 Å². The summed E-state index contributed by atoms with van der Waals surface area (Å²) in [6.07, 6.45) is 2.42. The van der Waals surface area contributed by atoms with Crippen LogP contribution in [0.2, 0.25) is 0 Å². The molecule has 3 rings (SSSR count). The van der Waals surface area contributed by atoms with Crippen LogP contribution in [0, 0.1) is 0 Å². The highest BCUT2D eigenvalue weighted by atomic mass is 32.2. The van der Waals surface area contributed by atoms with Crippen LogP contribution in [0.3, 0.4) is 0 Å². The number of hydrogen-bond donors (Lipinski definition) is 1. The van der Waals surface area contributed by atoms with Gasteiger partial charge >= 0.3 is 0 Å². The molecule has 0 aliphatic heterocycles. The monoisotopic (exact) mass is 420 g/mol. The Morgan fingerprint density at radius 1 is 0.900 bits per heavy atom. The second-order valence-electron chi connectivity index (χ2n) is 6.77. The number of carbonyl (C=O) groups is 1. The Morgan fingerprint density at radius 3 is 2.10 bits per heavy atom. The number of nitrogens with one attached hydrogen (secondary N) is 1. The lowest BCUT2D eigenvalue weighted by atomic mass is 10.1. The van der Waals surface area contributed by atoms with E-state index in [-0.39, 0.29) is 10.8 Å². The summed E-state index contributed by atoms with van der Waals surface area (Å²) >= 11 is 0. The number of para-hydroxylation sites is 1. The van der Waals surface area contributed by atoms with Crippen molar-refractivity contribution in [2.75, 3.05) is 17.8 Å². The first kappa shape index (κ1) is 21.3. The van der Waals surface area contributed by atoms with E-state index >= 15 is 0 Å². The summed E-state index contributed by atoms with van der Waals surface area (Å²) < 4.78 is 27.6. The summed E-state index contributed by atoms with van der Waals surface area (Å²) in [4.78, 5) is 14.7. The number of nitrogens with zero attached hydrogens (tertiary/aromatic N) is 1. The summed E-state index contributed by atoms with van der Waals surface area (Å²) in [6.45, 7) is 4.70. The Labute approximate surface area is 177 Å². The van der Waals surface area contributed by atoms with Crippen LogP contribution in [0.25, 0.3) is 0 Å². The maximum atomic E-state index is 12.9. The van der Waals surface area contributed by atoms with Crippen LogP contribution < -0.4 is 4.72 Å². The van der Waals surface area contributed by atoms with Gasteiger partial charge in [-0.2, -0.15) is 0 Å². The molecule has 3 aromatic rings. The second-order valence-corrected chi connectivity index (χ2v) is 8.45. The van der Waals surface area contributed by atoms with Gasteiger partial charge in [0.1, 0.15) is 0 Å². The summed E-state index contributed by atoms with van der Waals surface area (Å²) in [7, 11) is -3.72. The van der Waals surface area contributed by atoms with Gasteiger partial charge < -0.3 is 4.90 Å². The molecule has 0 saturated carbocycles. The third-order valence-corrected chi connectivity index (χ3v) is 5.98. The van der Waals surface area contributed by atoms with Gasteiger partial charge in [0.05, 0.1) is 4.90 Å². The van der Waals surface area contributed by atoms with E-state index in [1.165, 1.54) is 12.1 Å². The largest absolute Gasteiger partial charge is 0.335 e. The predicted octanol–water partition coefficient (Wildman–Crippen LogP) is 4.36. The van der Waals surface area contributed by atoms with Crippen LogP contribution in [0.5, 0.6) is 0 Å². The van der Waals surface area contributed by atoms with Gasteiger partial charge in [-0.1, -0.05) is 54.6 Å². The van der Waals surface area contributed by atoms with E-state index in [0.717, 1.165) is 12.0 Å². The minimum Gasteiger partial charge on any atom is -0.335 e. The molecule has 3 aromatic carbocycles. The zero-order valence-electron chi connectivity index (χ0n) is 16.6. The zero-order chi connectivity index (χ0) is 21.4. The molecule has 0 radical (unpaired) electrons. The van der Waals surface area contributed by atoms with E-state index in [1.807, 2.05) is 36.4 Å². The zero-order valence-corrected chi connectivity index (χ0v) is 17.4. The van der Waals surface area contributed by atoms with Crippen molar-refractivity contribution in [3.63, 3.8) is 0 Å². The third kappa shape index (κ3) is 5.58. The highest BCUT2D eigenvalue weighted by Crippen LogP contribution is 2.17. The SMILES string of the molecule is C=CCN(CCc1ccccc1)C(=O)c1ccc(S(=O)(=O)Nc2ccccc2)cc1. The van der Waals surface area contributed by atoms with Crippen LogP contribution in [0.1, 0.15) is 15.9 Å². The fourth-order valence-electron chi connectivity index (χ4n) is 3.02. The van der Waals surface area contributed by atoms with Crippen molar-refractivity contribution in [1.29, 1.82) is 0 Å². The Kier molecular flexibility index (Phi) is 7.03. The third-order valence-electron chi connectivity index (χ3n) is 4.59. The Bertz CT molecular complexity index is 1080. The lowest BCUT2D eigenvalue weighted by molar-refractivity contribution is 0.0775. The first-order valence-corrected chi connectivity index (χ1v) is 11.1. The van der Waals surface area contributed by atoms with Gasteiger partial charge in [0.15, 0.2) is 0 Å². The van der Waals surface area contributed by atoms with Gasteiger partial charge in [0.2, 0.25) is 0 Å². The van der Waals surface area contributed by atoms with E-state index in [9.17, 15) is 13.2 Å². The summed E-state index contributed by atoms with van der Waals surface area (Å²) in [6, 6.07) is 24.6. The molecule has 30 heavy (non-hydrogen) atoms. The van der Waals surface area contributed by atoms with Crippen molar-refractivity contribution in [3.8, 4) is 0 Å².